The van der Waals surface area contributed by atoms with Gasteiger partial charge in [-0.1, -0.05) is 11.6 Å². The third-order valence-corrected chi connectivity index (χ3v) is 4.91. The fourth-order valence-electron chi connectivity index (χ4n) is 3.59. The average molecular weight is 309 g/mol. The summed E-state index contributed by atoms with van der Waals surface area (Å²) in [5.74, 6) is 1.61. The van der Waals surface area contributed by atoms with Gasteiger partial charge in [-0.3, -0.25) is 4.79 Å². The van der Waals surface area contributed by atoms with E-state index in [2.05, 4.69) is 0 Å². The molecule has 1 amide bonds. The Kier molecular flexibility index (Phi) is 4.09. The van der Waals surface area contributed by atoms with E-state index in [1.54, 1.807) is 18.2 Å². The monoisotopic (exact) mass is 308 g/mol. The van der Waals surface area contributed by atoms with Crippen LogP contribution in [0.2, 0.25) is 5.02 Å². The summed E-state index contributed by atoms with van der Waals surface area (Å²) in [6.07, 6.45) is 2.22. The molecule has 3 rings (SSSR count). The van der Waals surface area contributed by atoms with Crippen LogP contribution >= 0.6 is 11.6 Å². The highest BCUT2D eigenvalue weighted by atomic mass is 35.5. The molecule has 1 aromatic rings. The Morgan fingerprint density at radius 2 is 2.24 bits per heavy atom. The van der Waals surface area contributed by atoms with Gasteiger partial charge in [0.15, 0.2) is 0 Å². The smallest absolute Gasteiger partial charge is 0.257 e. The summed E-state index contributed by atoms with van der Waals surface area (Å²) in [6, 6.07) is 5.44. The van der Waals surface area contributed by atoms with Gasteiger partial charge in [-0.05, 0) is 49.8 Å². The molecule has 5 heteroatoms. The number of amides is 1. The van der Waals surface area contributed by atoms with Gasteiger partial charge in [-0.2, -0.15) is 0 Å². The molecule has 21 heavy (non-hydrogen) atoms. The van der Waals surface area contributed by atoms with Gasteiger partial charge in [0.2, 0.25) is 0 Å². The highest BCUT2D eigenvalue weighted by Gasteiger charge is 2.42. The first-order chi connectivity index (χ1) is 10.1. The van der Waals surface area contributed by atoms with Gasteiger partial charge in [-0.15, -0.1) is 0 Å². The lowest BCUT2D eigenvalue weighted by Gasteiger charge is -2.20. The predicted octanol–water partition coefficient (Wildman–Crippen LogP) is 2.55. The summed E-state index contributed by atoms with van der Waals surface area (Å²) in [5.41, 5.74) is 6.73. The number of benzene rings is 1. The summed E-state index contributed by atoms with van der Waals surface area (Å²) >= 11 is 5.99. The molecule has 1 saturated heterocycles. The van der Waals surface area contributed by atoms with Crippen molar-refractivity contribution in [2.75, 3.05) is 19.7 Å². The lowest BCUT2D eigenvalue weighted by atomic mass is 9.98. The van der Waals surface area contributed by atoms with E-state index < -0.39 is 0 Å². The molecule has 3 unspecified atom stereocenters. The van der Waals surface area contributed by atoms with Gasteiger partial charge >= 0.3 is 0 Å². The molecular formula is C16H21ClN2O2. The van der Waals surface area contributed by atoms with Crippen molar-refractivity contribution >= 4 is 17.5 Å². The lowest BCUT2D eigenvalue weighted by molar-refractivity contribution is 0.0775. The van der Waals surface area contributed by atoms with Crippen LogP contribution < -0.4 is 10.5 Å². The summed E-state index contributed by atoms with van der Waals surface area (Å²) in [7, 11) is 0. The number of carbonyl (C=O) groups is 1. The number of likely N-dealkylation sites (tertiary alicyclic amines) is 1. The maximum atomic E-state index is 12.8. The fraction of sp³-hybridized carbons (Fsp3) is 0.562. The van der Waals surface area contributed by atoms with Crippen molar-refractivity contribution in [3.05, 3.63) is 28.8 Å². The Hall–Kier alpha value is -1.26. The van der Waals surface area contributed by atoms with E-state index in [1.807, 2.05) is 11.8 Å². The van der Waals surface area contributed by atoms with Crippen LogP contribution in [0.1, 0.15) is 30.1 Å². The normalized spacial score (nSPS) is 27.8. The summed E-state index contributed by atoms with van der Waals surface area (Å²) in [6.45, 7) is 3.98. The Balaban J connectivity index is 1.80. The van der Waals surface area contributed by atoms with E-state index in [4.69, 9.17) is 22.1 Å². The Morgan fingerprint density at radius 3 is 2.95 bits per heavy atom. The summed E-state index contributed by atoms with van der Waals surface area (Å²) in [4.78, 5) is 14.7. The van der Waals surface area contributed by atoms with Gasteiger partial charge < -0.3 is 15.4 Å². The van der Waals surface area contributed by atoms with Crippen molar-refractivity contribution < 1.29 is 9.53 Å². The second-order valence-corrected chi connectivity index (χ2v) is 6.39. The van der Waals surface area contributed by atoms with Crippen LogP contribution in [0, 0.1) is 11.8 Å². The van der Waals surface area contributed by atoms with Crippen molar-refractivity contribution in [3.63, 3.8) is 0 Å². The molecule has 2 aliphatic rings. The molecule has 0 aromatic heterocycles. The standard InChI is InChI=1S/C16H21ClN2O2/c1-2-21-15-7-11(17)4-5-12(15)16(20)19-8-10-3-6-14(18)13(10)9-19/h4-5,7,10,13-14H,2-3,6,8-9,18H2,1H3. The van der Waals surface area contributed by atoms with E-state index in [9.17, 15) is 4.79 Å². The molecule has 1 aromatic carbocycles. The second-order valence-electron chi connectivity index (χ2n) is 5.95. The zero-order valence-electron chi connectivity index (χ0n) is 12.2. The van der Waals surface area contributed by atoms with Crippen LogP contribution in [0.15, 0.2) is 18.2 Å². The Bertz CT molecular complexity index is 549. The minimum Gasteiger partial charge on any atom is -0.493 e. The van der Waals surface area contributed by atoms with Crippen LogP contribution in [0.25, 0.3) is 0 Å². The van der Waals surface area contributed by atoms with Crippen LogP contribution in [0.3, 0.4) is 0 Å². The molecule has 1 saturated carbocycles. The maximum Gasteiger partial charge on any atom is 0.257 e. The van der Waals surface area contributed by atoms with Crippen LogP contribution in [-0.4, -0.2) is 36.5 Å². The molecule has 4 nitrogen and oxygen atoms in total. The number of hydrogen-bond acceptors (Lipinski definition) is 3. The van der Waals surface area contributed by atoms with E-state index in [0.29, 0.717) is 34.8 Å². The maximum absolute atomic E-state index is 12.8. The third-order valence-electron chi connectivity index (χ3n) is 4.67. The zero-order valence-corrected chi connectivity index (χ0v) is 13.0. The fourth-order valence-corrected chi connectivity index (χ4v) is 3.75. The van der Waals surface area contributed by atoms with Gasteiger partial charge in [0.05, 0.1) is 12.2 Å². The second kappa shape index (κ2) is 5.85. The SMILES string of the molecule is CCOc1cc(Cl)ccc1C(=O)N1CC2CCC(N)C2C1. The Morgan fingerprint density at radius 1 is 1.43 bits per heavy atom. The van der Waals surface area contributed by atoms with Gasteiger partial charge in [-0.25, -0.2) is 0 Å². The van der Waals surface area contributed by atoms with Crippen molar-refractivity contribution in [3.8, 4) is 5.75 Å². The Labute approximate surface area is 130 Å². The third kappa shape index (κ3) is 2.74. The van der Waals surface area contributed by atoms with E-state index >= 15 is 0 Å². The molecule has 0 radical (unpaired) electrons. The average Bonchev–Trinajstić information content (AvgIpc) is 3.01. The van der Waals surface area contributed by atoms with Gasteiger partial charge in [0, 0.05) is 24.2 Å². The number of nitrogens with two attached hydrogens (primary N) is 1. The van der Waals surface area contributed by atoms with E-state index in [1.165, 1.54) is 0 Å². The summed E-state index contributed by atoms with van der Waals surface area (Å²) < 4.78 is 5.56. The number of nitrogens with zero attached hydrogens (tertiary/aromatic N) is 1. The number of fused-ring (bicyclic) bond motifs is 1. The number of ether oxygens (including phenoxy) is 1. The number of rotatable bonds is 3. The van der Waals surface area contributed by atoms with E-state index in [0.717, 1.165) is 25.9 Å². The molecule has 114 valence electrons. The van der Waals surface area contributed by atoms with Crippen LogP contribution in [-0.2, 0) is 0 Å². The first kappa shape index (κ1) is 14.7. The van der Waals surface area contributed by atoms with Crippen molar-refractivity contribution in [1.82, 2.24) is 4.90 Å². The number of hydrogen-bond donors (Lipinski definition) is 1. The minimum atomic E-state index is 0.0247. The van der Waals surface area contributed by atoms with Crippen molar-refractivity contribution in [2.45, 2.75) is 25.8 Å². The minimum absolute atomic E-state index is 0.0247. The van der Waals surface area contributed by atoms with Gasteiger partial charge in [0.25, 0.3) is 5.91 Å². The molecular weight excluding hydrogens is 288 g/mol. The number of carbonyl (C=O) groups excluding carboxylic acids is 1. The van der Waals surface area contributed by atoms with E-state index in [-0.39, 0.29) is 11.9 Å². The summed E-state index contributed by atoms with van der Waals surface area (Å²) in [5, 5.41) is 0.579. The zero-order chi connectivity index (χ0) is 15.0. The highest BCUT2D eigenvalue weighted by molar-refractivity contribution is 6.30. The molecule has 0 bridgehead atoms. The lowest BCUT2D eigenvalue weighted by Crippen LogP contribution is -2.33. The molecule has 3 atom stereocenters. The number of halogens is 1. The molecule has 2 fully saturated rings. The molecule has 1 heterocycles. The molecule has 0 spiro atoms. The van der Waals surface area contributed by atoms with Crippen molar-refractivity contribution in [2.24, 2.45) is 17.6 Å². The predicted molar refractivity (Wildman–Crippen MR) is 82.7 cm³/mol. The molecule has 1 aliphatic heterocycles. The first-order valence-electron chi connectivity index (χ1n) is 7.57. The first-order valence-corrected chi connectivity index (χ1v) is 7.95. The van der Waals surface area contributed by atoms with Gasteiger partial charge in [0.1, 0.15) is 5.75 Å². The highest BCUT2D eigenvalue weighted by Crippen LogP contribution is 2.38. The molecule has 1 aliphatic carbocycles. The molecule has 2 N–H and O–H groups in total. The van der Waals surface area contributed by atoms with Crippen LogP contribution in [0.5, 0.6) is 5.75 Å². The topological polar surface area (TPSA) is 55.6 Å². The quantitative estimate of drug-likeness (QED) is 0.933. The largest absolute Gasteiger partial charge is 0.493 e. The van der Waals surface area contributed by atoms with Crippen LogP contribution in [0.4, 0.5) is 0 Å². The van der Waals surface area contributed by atoms with Crippen molar-refractivity contribution in [1.29, 1.82) is 0 Å².